The van der Waals surface area contributed by atoms with E-state index in [0.29, 0.717) is 19.6 Å². The third kappa shape index (κ3) is 13.1. The molecule has 2 aliphatic rings. The minimum absolute atomic E-state index is 0.174. The Morgan fingerprint density at radius 2 is 1.62 bits per heavy atom. The summed E-state index contributed by atoms with van der Waals surface area (Å²) in [5.74, 6) is -0.174. The number of hydrogen-bond acceptors (Lipinski definition) is 13. The lowest BCUT2D eigenvalue weighted by Gasteiger charge is -2.48. The first-order valence-electron chi connectivity index (χ1n) is 15.2. The van der Waals surface area contributed by atoms with Crippen LogP contribution in [0.4, 0.5) is 0 Å². The highest BCUT2D eigenvalue weighted by Crippen LogP contribution is 2.31. The highest BCUT2D eigenvalue weighted by atomic mass is 31.0. The molecule has 45 heavy (non-hydrogen) atoms. The maximum Gasteiger partial charge on any atom is 0.224 e. The zero-order valence-corrected chi connectivity index (χ0v) is 30.5. The van der Waals surface area contributed by atoms with Gasteiger partial charge in [-0.3, -0.25) is 20.1 Å². The number of amides is 1. The zero-order valence-electron chi connectivity index (χ0n) is 25.9. The van der Waals surface area contributed by atoms with Crippen LogP contribution >= 0.6 is 37.6 Å². The molecule has 1 aliphatic carbocycles. The molecule has 1 saturated carbocycles. The molecule has 8 unspecified atom stereocenters. The van der Waals surface area contributed by atoms with Crippen LogP contribution in [0.1, 0.15) is 24.8 Å². The number of ether oxygens (including phenoxy) is 3. The molecule has 0 radical (unpaired) electrons. The molecule has 260 valence electrons. The van der Waals surface area contributed by atoms with Crippen molar-refractivity contribution in [1.82, 2.24) is 31.0 Å². The largest absolute Gasteiger partial charge is 0.388 e. The molecule has 1 aliphatic heterocycles. The summed E-state index contributed by atoms with van der Waals surface area (Å²) in [6, 6.07) is 7.77. The average molecular weight is 714 g/mol. The van der Waals surface area contributed by atoms with Gasteiger partial charge >= 0.3 is 0 Å². The molecule has 1 amide bonds. The van der Waals surface area contributed by atoms with Crippen molar-refractivity contribution >= 4 is 43.5 Å². The molecule has 2 fully saturated rings. The van der Waals surface area contributed by atoms with Crippen molar-refractivity contribution in [2.75, 3.05) is 39.8 Å². The summed E-state index contributed by atoms with van der Waals surface area (Å²) in [6.45, 7) is 2.93. The fourth-order valence-electron chi connectivity index (χ4n) is 5.47. The number of nitrogens with two attached hydrogens (primary N) is 1. The molecule has 14 atom stereocenters. The monoisotopic (exact) mass is 713 g/mol. The van der Waals surface area contributed by atoms with Crippen molar-refractivity contribution in [3.8, 4) is 0 Å². The SMILES string of the molecule is CN.O=C(Cc1ccccc1)N[C@@H]1CC(NP)[C@@H](O[C@H]2OC(CNP)[C@@H](O)[C@H](O)C2NP)[C@H](O)C1OCCNCCCCNP. The number of carbonyl (C=O) groups is 1. The van der Waals surface area contributed by atoms with Crippen LogP contribution in [0.25, 0.3) is 0 Å². The van der Waals surface area contributed by atoms with Gasteiger partial charge in [0.05, 0.1) is 25.1 Å². The van der Waals surface area contributed by atoms with Gasteiger partial charge in [0.15, 0.2) is 6.29 Å². The van der Waals surface area contributed by atoms with E-state index in [9.17, 15) is 20.1 Å². The molecule has 1 saturated heterocycles. The Morgan fingerprint density at radius 1 is 0.911 bits per heavy atom. The fourth-order valence-corrected chi connectivity index (χ4v) is 6.59. The van der Waals surface area contributed by atoms with Crippen molar-refractivity contribution in [3.63, 3.8) is 0 Å². The van der Waals surface area contributed by atoms with E-state index in [4.69, 9.17) is 14.2 Å². The van der Waals surface area contributed by atoms with Crippen LogP contribution in [-0.4, -0.2) is 122 Å². The number of aliphatic hydroxyl groups excluding tert-OH is 3. The van der Waals surface area contributed by atoms with Crippen LogP contribution < -0.4 is 36.7 Å². The van der Waals surface area contributed by atoms with E-state index < -0.39 is 61.0 Å². The first-order chi connectivity index (χ1) is 21.8. The lowest BCUT2D eigenvalue weighted by molar-refractivity contribution is -0.292. The van der Waals surface area contributed by atoms with E-state index in [1.165, 1.54) is 7.05 Å². The molecule has 0 spiro atoms. The van der Waals surface area contributed by atoms with E-state index in [1.54, 1.807) is 0 Å². The van der Waals surface area contributed by atoms with Crippen molar-refractivity contribution in [3.05, 3.63) is 35.9 Å². The third-order valence-corrected chi connectivity index (χ3v) is 9.10. The van der Waals surface area contributed by atoms with Gasteiger partial charge in [0.25, 0.3) is 0 Å². The molecule has 1 aromatic carbocycles. The average Bonchev–Trinajstić information content (AvgIpc) is 3.04. The molecular formula is C27H55N7O7P4. The maximum absolute atomic E-state index is 13.1. The Bertz CT molecular complexity index is 937. The fraction of sp³-hybridized carbons (Fsp3) is 0.741. The summed E-state index contributed by atoms with van der Waals surface area (Å²) in [5, 5.41) is 51.4. The van der Waals surface area contributed by atoms with Gasteiger partial charge in [-0.05, 0) is 45.0 Å². The summed E-state index contributed by atoms with van der Waals surface area (Å²) in [6.07, 6.45) is -4.16. The van der Waals surface area contributed by atoms with Gasteiger partial charge in [0.2, 0.25) is 5.91 Å². The Balaban J connectivity index is 0.00000345. The van der Waals surface area contributed by atoms with Crippen molar-refractivity contribution in [2.45, 2.75) is 86.7 Å². The number of carbonyl (C=O) groups excluding carboxylic acids is 1. The summed E-state index contributed by atoms with van der Waals surface area (Å²) in [7, 11) is 11.1. The normalized spacial score (nSPS) is 31.6. The summed E-state index contributed by atoms with van der Waals surface area (Å²) in [5.41, 5.74) is 5.39. The van der Waals surface area contributed by atoms with Gasteiger partial charge in [-0.1, -0.05) is 67.9 Å². The van der Waals surface area contributed by atoms with E-state index in [2.05, 4.69) is 74.3 Å². The van der Waals surface area contributed by atoms with E-state index in [-0.39, 0.29) is 18.9 Å². The highest BCUT2D eigenvalue weighted by Gasteiger charge is 2.50. The topological polar surface area (TPSA) is 204 Å². The van der Waals surface area contributed by atoms with Crippen LogP contribution in [0.15, 0.2) is 30.3 Å². The number of nitrogens with one attached hydrogen (secondary N) is 6. The molecule has 1 heterocycles. The van der Waals surface area contributed by atoms with Gasteiger partial charge in [0.1, 0.15) is 36.6 Å². The zero-order chi connectivity index (χ0) is 33.2. The van der Waals surface area contributed by atoms with E-state index >= 15 is 0 Å². The third-order valence-electron chi connectivity index (χ3n) is 7.76. The van der Waals surface area contributed by atoms with Gasteiger partial charge < -0.3 is 51.0 Å². The number of hydrogen-bond donors (Lipinski definition) is 10. The Labute approximate surface area is 276 Å². The number of benzene rings is 1. The molecule has 1 aromatic rings. The van der Waals surface area contributed by atoms with Crippen LogP contribution in [0.5, 0.6) is 0 Å². The maximum atomic E-state index is 13.1. The smallest absolute Gasteiger partial charge is 0.224 e. The minimum Gasteiger partial charge on any atom is -0.388 e. The number of rotatable bonds is 18. The lowest BCUT2D eigenvalue weighted by atomic mass is 9.83. The summed E-state index contributed by atoms with van der Waals surface area (Å²) >= 11 is 0. The number of unbranched alkanes of at least 4 members (excludes halogenated alkanes) is 1. The second-order valence-electron chi connectivity index (χ2n) is 10.8. The molecule has 3 rings (SSSR count). The first-order valence-corrected chi connectivity index (χ1v) is 17.5. The molecule has 0 aromatic heterocycles. The predicted octanol–water partition coefficient (Wildman–Crippen LogP) is -2.10. The minimum atomic E-state index is -1.18. The van der Waals surface area contributed by atoms with Gasteiger partial charge in [-0.25, -0.2) is 0 Å². The van der Waals surface area contributed by atoms with Crippen molar-refractivity contribution in [1.29, 1.82) is 0 Å². The van der Waals surface area contributed by atoms with Crippen LogP contribution in [0.3, 0.4) is 0 Å². The Hall–Kier alpha value is -0.0700. The molecule has 14 nitrogen and oxygen atoms in total. The molecule has 0 bridgehead atoms. The Kier molecular flexibility index (Phi) is 21.3. The number of aliphatic hydroxyl groups is 3. The standard InChI is InChI=1S/C26H50N6O7P4.CH5N/c33-19(12-15-6-2-1-3-7-15)30-16-13-17(31-42)25(23(36)24(16)37-11-10-27-8-4-5-9-28-40)39-26-20(32-43)22(35)21(34)18(38-26)14-29-41;1-2/h1-3,6-7,16-18,20-29,31-32,34-36H,4-5,8-14,40-43H2,(H,30,33);2H2,1H3/t16-,17?,18?,20?,21-,22-,23-,24?,25-,26-;/m1./s1. The van der Waals surface area contributed by atoms with Crippen LogP contribution in [0.2, 0.25) is 0 Å². The summed E-state index contributed by atoms with van der Waals surface area (Å²) < 4.78 is 18.6. The van der Waals surface area contributed by atoms with E-state index in [1.807, 2.05) is 30.3 Å². The summed E-state index contributed by atoms with van der Waals surface area (Å²) in [4.78, 5) is 13.1. The van der Waals surface area contributed by atoms with Crippen molar-refractivity contribution < 1.29 is 34.3 Å². The van der Waals surface area contributed by atoms with Crippen LogP contribution in [0, 0.1) is 0 Å². The van der Waals surface area contributed by atoms with Gasteiger partial charge in [-0.15, -0.1) is 0 Å². The van der Waals surface area contributed by atoms with Crippen molar-refractivity contribution in [2.24, 2.45) is 5.73 Å². The van der Waals surface area contributed by atoms with Gasteiger partial charge in [-0.2, -0.15) is 0 Å². The highest BCUT2D eigenvalue weighted by molar-refractivity contribution is 7.14. The molecule has 18 heteroatoms. The van der Waals surface area contributed by atoms with E-state index in [0.717, 1.165) is 31.5 Å². The second kappa shape index (κ2) is 23.3. The lowest BCUT2D eigenvalue weighted by Crippen LogP contribution is -2.68. The quantitative estimate of drug-likeness (QED) is 0.0586. The predicted molar refractivity (Wildman–Crippen MR) is 189 cm³/mol. The Morgan fingerprint density at radius 3 is 2.27 bits per heavy atom. The molecular weight excluding hydrogens is 658 g/mol. The van der Waals surface area contributed by atoms with Gasteiger partial charge in [0, 0.05) is 19.1 Å². The molecule has 11 N–H and O–H groups in total. The van der Waals surface area contributed by atoms with Crippen LogP contribution in [-0.2, 0) is 25.4 Å². The second-order valence-corrected chi connectivity index (χ2v) is 12.3. The first kappa shape index (κ1) is 41.1.